The summed E-state index contributed by atoms with van der Waals surface area (Å²) in [6, 6.07) is 17.1. The highest BCUT2D eigenvalue weighted by Crippen LogP contribution is 2.26. The predicted molar refractivity (Wildman–Crippen MR) is 112 cm³/mol. The van der Waals surface area contributed by atoms with E-state index in [-0.39, 0.29) is 17.1 Å². The number of hydrogen-bond donors (Lipinski definition) is 0. The highest BCUT2D eigenvalue weighted by atomic mass is 32.2. The molecule has 0 radical (unpaired) electrons. The Labute approximate surface area is 170 Å². The van der Waals surface area contributed by atoms with Crippen LogP contribution in [0.15, 0.2) is 59.5 Å². The molecule has 0 saturated carbocycles. The summed E-state index contributed by atoms with van der Waals surface area (Å²) in [7, 11) is 1.64. The normalized spacial score (nSPS) is 15.6. The van der Waals surface area contributed by atoms with Crippen LogP contribution in [0.4, 0.5) is 0 Å². The van der Waals surface area contributed by atoms with Crippen molar-refractivity contribution >= 4 is 23.6 Å². The second-order valence-corrected chi connectivity index (χ2v) is 8.19. The molecule has 3 rings (SSSR count). The van der Waals surface area contributed by atoms with Crippen LogP contribution in [0.25, 0.3) is 0 Å². The number of hydrogen-bond acceptors (Lipinski definition) is 4. The zero-order valence-corrected chi connectivity index (χ0v) is 17.2. The Balaban J connectivity index is 1.56. The molecule has 1 atom stereocenters. The molecule has 5 nitrogen and oxygen atoms in total. The molecule has 6 heteroatoms. The van der Waals surface area contributed by atoms with Gasteiger partial charge in [-0.25, -0.2) is 0 Å². The minimum absolute atomic E-state index is 0.0376. The molecule has 0 aliphatic carbocycles. The average Bonchev–Trinajstić information content (AvgIpc) is 3.00. The van der Waals surface area contributed by atoms with Gasteiger partial charge in [-0.3, -0.25) is 9.59 Å². The summed E-state index contributed by atoms with van der Waals surface area (Å²) in [6.45, 7) is 4.45. The monoisotopic (exact) mass is 398 g/mol. The van der Waals surface area contributed by atoms with E-state index in [1.807, 2.05) is 71.3 Å². The molecule has 1 aliphatic heterocycles. The fraction of sp³-hybridized carbons (Fsp3) is 0.364. The van der Waals surface area contributed by atoms with Crippen molar-refractivity contribution in [1.29, 1.82) is 0 Å². The molecule has 2 aromatic carbocycles. The Bertz CT molecular complexity index is 795. The Morgan fingerprint density at radius 3 is 2.25 bits per heavy atom. The number of carbonyl (C=O) groups is 2. The molecular weight excluding hydrogens is 372 g/mol. The SMILES string of the molecule is COc1ccc(SC(C)C(=O)N2CCCN(C(=O)c3ccccc3)CC2)cc1. The zero-order chi connectivity index (χ0) is 19.9. The molecule has 0 N–H and O–H groups in total. The number of carbonyl (C=O) groups excluding carboxylic acids is 2. The maximum atomic E-state index is 12.9. The molecule has 1 aliphatic rings. The van der Waals surface area contributed by atoms with Crippen molar-refractivity contribution in [3.8, 4) is 5.75 Å². The number of amides is 2. The third-order valence-electron chi connectivity index (χ3n) is 4.84. The summed E-state index contributed by atoms with van der Waals surface area (Å²) in [5.41, 5.74) is 0.700. The minimum Gasteiger partial charge on any atom is -0.497 e. The fourth-order valence-electron chi connectivity index (χ4n) is 3.27. The lowest BCUT2D eigenvalue weighted by atomic mass is 10.2. The van der Waals surface area contributed by atoms with Gasteiger partial charge in [-0.2, -0.15) is 0 Å². The standard InChI is InChI=1S/C22H26N2O3S/c1-17(28-20-11-9-19(27-2)10-12-20)21(25)23-13-6-14-24(16-15-23)22(26)18-7-4-3-5-8-18/h3-5,7-12,17H,6,13-16H2,1-2H3. The van der Waals surface area contributed by atoms with Gasteiger partial charge in [-0.05, 0) is 49.7 Å². The molecule has 0 spiro atoms. The zero-order valence-electron chi connectivity index (χ0n) is 16.3. The highest BCUT2D eigenvalue weighted by Gasteiger charge is 2.26. The van der Waals surface area contributed by atoms with Gasteiger partial charge in [0.2, 0.25) is 5.91 Å². The Kier molecular flexibility index (Phi) is 6.98. The van der Waals surface area contributed by atoms with Gasteiger partial charge in [0.25, 0.3) is 5.91 Å². The first-order valence-electron chi connectivity index (χ1n) is 9.52. The number of ether oxygens (including phenoxy) is 1. The number of nitrogens with zero attached hydrogens (tertiary/aromatic N) is 2. The molecular formula is C22H26N2O3S. The van der Waals surface area contributed by atoms with Gasteiger partial charge < -0.3 is 14.5 Å². The molecule has 1 saturated heterocycles. The summed E-state index contributed by atoms with van der Waals surface area (Å²) in [6.07, 6.45) is 0.796. The van der Waals surface area contributed by atoms with Crippen molar-refractivity contribution in [2.75, 3.05) is 33.3 Å². The second-order valence-electron chi connectivity index (χ2n) is 6.77. The second kappa shape index (κ2) is 9.64. The summed E-state index contributed by atoms with van der Waals surface area (Å²) < 4.78 is 5.18. The molecule has 28 heavy (non-hydrogen) atoms. The molecule has 148 valence electrons. The first-order valence-corrected chi connectivity index (χ1v) is 10.4. The minimum atomic E-state index is -0.176. The largest absolute Gasteiger partial charge is 0.497 e. The van der Waals surface area contributed by atoms with Gasteiger partial charge in [0.1, 0.15) is 5.75 Å². The quantitative estimate of drug-likeness (QED) is 0.723. The van der Waals surface area contributed by atoms with Gasteiger partial charge in [-0.1, -0.05) is 18.2 Å². The summed E-state index contributed by atoms with van der Waals surface area (Å²) in [4.78, 5) is 30.3. The van der Waals surface area contributed by atoms with Crippen LogP contribution in [-0.2, 0) is 4.79 Å². The van der Waals surface area contributed by atoms with E-state index in [0.717, 1.165) is 17.1 Å². The maximum Gasteiger partial charge on any atom is 0.253 e. The van der Waals surface area contributed by atoms with Crippen LogP contribution in [0.5, 0.6) is 5.75 Å². The Morgan fingerprint density at radius 1 is 0.929 bits per heavy atom. The van der Waals surface area contributed by atoms with Gasteiger partial charge in [-0.15, -0.1) is 11.8 Å². The van der Waals surface area contributed by atoms with Crippen LogP contribution in [0.1, 0.15) is 23.7 Å². The van der Waals surface area contributed by atoms with E-state index >= 15 is 0 Å². The maximum absolute atomic E-state index is 12.9. The van der Waals surface area contributed by atoms with Gasteiger partial charge in [0.05, 0.1) is 12.4 Å². The van der Waals surface area contributed by atoms with E-state index in [9.17, 15) is 9.59 Å². The molecule has 1 unspecified atom stereocenters. The van der Waals surface area contributed by atoms with Crippen molar-refractivity contribution in [2.24, 2.45) is 0 Å². The van der Waals surface area contributed by atoms with Crippen molar-refractivity contribution in [2.45, 2.75) is 23.5 Å². The van der Waals surface area contributed by atoms with E-state index in [1.54, 1.807) is 18.9 Å². The van der Waals surface area contributed by atoms with Crippen molar-refractivity contribution < 1.29 is 14.3 Å². The van der Waals surface area contributed by atoms with Gasteiger partial charge in [0, 0.05) is 36.6 Å². The third-order valence-corrected chi connectivity index (χ3v) is 5.94. The van der Waals surface area contributed by atoms with Crippen LogP contribution >= 0.6 is 11.8 Å². The van der Waals surface area contributed by atoms with Crippen molar-refractivity contribution in [3.05, 3.63) is 60.2 Å². The number of rotatable bonds is 5. The molecule has 2 aromatic rings. The van der Waals surface area contributed by atoms with E-state index in [2.05, 4.69) is 0 Å². The van der Waals surface area contributed by atoms with Crippen molar-refractivity contribution in [1.82, 2.24) is 9.80 Å². The summed E-state index contributed by atoms with van der Waals surface area (Å²) >= 11 is 1.55. The number of benzene rings is 2. The first kappa shape index (κ1) is 20.3. The third kappa shape index (κ3) is 5.07. The first-order chi connectivity index (χ1) is 13.6. The fourth-order valence-corrected chi connectivity index (χ4v) is 4.22. The molecule has 0 bridgehead atoms. The van der Waals surface area contributed by atoms with Crippen LogP contribution in [0.3, 0.4) is 0 Å². The summed E-state index contributed by atoms with van der Waals surface area (Å²) in [5, 5.41) is -0.176. The topological polar surface area (TPSA) is 49.9 Å². The van der Waals surface area contributed by atoms with E-state index in [0.29, 0.717) is 31.7 Å². The molecule has 2 amide bonds. The summed E-state index contributed by atoms with van der Waals surface area (Å²) in [5.74, 6) is 0.962. The smallest absolute Gasteiger partial charge is 0.253 e. The molecule has 1 fully saturated rings. The lowest BCUT2D eigenvalue weighted by molar-refractivity contribution is -0.130. The lowest BCUT2D eigenvalue weighted by Crippen LogP contribution is -2.40. The highest BCUT2D eigenvalue weighted by molar-refractivity contribution is 8.00. The van der Waals surface area contributed by atoms with E-state index in [1.165, 1.54) is 0 Å². The van der Waals surface area contributed by atoms with Crippen LogP contribution in [0, 0.1) is 0 Å². The molecule has 0 aromatic heterocycles. The average molecular weight is 399 g/mol. The Hall–Kier alpha value is -2.47. The predicted octanol–water partition coefficient (Wildman–Crippen LogP) is 3.55. The van der Waals surface area contributed by atoms with Crippen LogP contribution < -0.4 is 4.74 Å². The van der Waals surface area contributed by atoms with E-state index in [4.69, 9.17) is 4.74 Å². The Morgan fingerprint density at radius 2 is 1.57 bits per heavy atom. The van der Waals surface area contributed by atoms with Gasteiger partial charge >= 0.3 is 0 Å². The van der Waals surface area contributed by atoms with Gasteiger partial charge in [0.15, 0.2) is 0 Å². The number of methoxy groups -OCH3 is 1. The van der Waals surface area contributed by atoms with Crippen LogP contribution in [0.2, 0.25) is 0 Å². The lowest BCUT2D eigenvalue weighted by Gasteiger charge is -2.24. The van der Waals surface area contributed by atoms with Crippen molar-refractivity contribution in [3.63, 3.8) is 0 Å². The molecule has 1 heterocycles. The van der Waals surface area contributed by atoms with E-state index < -0.39 is 0 Å². The van der Waals surface area contributed by atoms with Crippen LogP contribution in [-0.4, -0.2) is 60.2 Å². The number of thioether (sulfide) groups is 1.